The predicted octanol–water partition coefficient (Wildman–Crippen LogP) is 10.8. The Labute approximate surface area is 240 Å². The maximum Gasteiger partial charge on any atom is 0.0728 e. The van der Waals surface area contributed by atoms with Crippen LogP contribution in [-0.4, -0.2) is 9.13 Å². The Balaban J connectivity index is 1.43. The van der Waals surface area contributed by atoms with Crippen LogP contribution in [0.5, 0.6) is 0 Å². The second kappa shape index (κ2) is 8.69. The van der Waals surface area contributed by atoms with E-state index in [0.717, 1.165) is 0 Å². The molecule has 41 heavy (non-hydrogen) atoms. The first-order chi connectivity index (χ1) is 20.4. The molecule has 2 nitrogen and oxygen atoms in total. The van der Waals surface area contributed by atoms with E-state index in [1.54, 1.807) is 0 Å². The number of para-hydroxylation sites is 3. The van der Waals surface area contributed by atoms with Gasteiger partial charge in [-0.2, -0.15) is 0 Å². The van der Waals surface area contributed by atoms with Gasteiger partial charge >= 0.3 is 0 Å². The molecular weight excluding hydrogens is 516 g/mol. The third-order valence-electron chi connectivity index (χ3n) is 8.30. The quantitative estimate of drug-likeness (QED) is 0.211. The molecule has 3 heterocycles. The van der Waals surface area contributed by atoms with Crippen molar-refractivity contribution >= 4 is 64.3 Å². The fourth-order valence-corrected chi connectivity index (χ4v) is 7.90. The fourth-order valence-electron chi connectivity index (χ4n) is 6.54. The van der Waals surface area contributed by atoms with Crippen LogP contribution in [0.1, 0.15) is 0 Å². The van der Waals surface area contributed by atoms with E-state index in [2.05, 4.69) is 155 Å². The van der Waals surface area contributed by atoms with E-state index in [1.165, 1.54) is 75.5 Å². The molecule has 3 heteroatoms. The number of benzene rings is 6. The Morgan fingerprint density at radius 1 is 0.366 bits per heavy atom. The Bertz CT molecular complexity index is 2410. The summed E-state index contributed by atoms with van der Waals surface area (Å²) < 4.78 is 7.58. The lowest BCUT2D eigenvalue weighted by Gasteiger charge is -2.11. The molecule has 0 spiro atoms. The number of fused-ring (bicyclic) bond motifs is 9. The highest BCUT2D eigenvalue weighted by atomic mass is 32.1. The van der Waals surface area contributed by atoms with Crippen molar-refractivity contribution in [3.05, 3.63) is 146 Å². The first kappa shape index (κ1) is 22.7. The monoisotopic (exact) mass is 540 g/mol. The number of aromatic nitrogens is 2. The Kier molecular flexibility index (Phi) is 4.80. The van der Waals surface area contributed by atoms with Crippen molar-refractivity contribution in [2.24, 2.45) is 0 Å². The third kappa shape index (κ3) is 3.24. The van der Waals surface area contributed by atoms with Gasteiger partial charge in [-0.25, -0.2) is 0 Å². The van der Waals surface area contributed by atoms with Gasteiger partial charge in [-0.05, 0) is 47.5 Å². The van der Waals surface area contributed by atoms with Crippen LogP contribution in [0.4, 0.5) is 0 Å². The molecule has 0 atom stereocenters. The molecule has 0 aliphatic heterocycles. The number of hydrogen-bond donors (Lipinski definition) is 0. The molecule has 0 amide bonds. The molecular formula is C38H24N2S. The van der Waals surface area contributed by atoms with E-state index < -0.39 is 0 Å². The highest BCUT2D eigenvalue weighted by Gasteiger charge is 2.22. The predicted molar refractivity (Wildman–Crippen MR) is 176 cm³/mol. The summed E-state index contributed by atoms with van der Waals surface area (Å²) in [7, 11) is 0. The van der Waals surface area contributed by atoms with Crippen molar-refractivity contribution in [1.82, 2.24) is 9.13 Å². The summed E-state index contributed by atoms with van der Waals surface area (Å²) in [5.74, 6) is 0. The van der Waals surface area contributed by atoms with Gasteiger partial charge in [0, 0.05) is 32.9 Å². The maximum absolute atomic E-state index is 2.48. The second-order valence-electron chi connectivity index (χ2n) is 10.6. The molecule has 0 aliphatic carbocycles. The molecule has 0 saturated heterocycles. The van der Waals surface area contributed by atoms with Gasteiger partial charge in [0.15, 0.2) is 0 Å². The zero-order valence-corrected chi connectivity index (χ0v) is 23.0. The first-order valence-corrected chi connectivity index (χ1v) is 14.8. The Morgan fingerprint density at radius 2 is 0.902 bits per heavy atom. The lowest BCUT2D eigenvalue weighted by Crippen LogP contribution is -1.95. The number of rotatable bonds is 3. The lowest BCUT2D eigenvalue weighted by atomic mass is 10.1. The van der Waals surface area contributed by atoms with Crippen LogP contribution in [0.3, 0.4) is 0 Å². The van der Waals surface area contributed by atoms with Crippen LogP contribution in [0.25, 0.3) is 75.5 Å². The number of nitrogens with zero attached hydrogens (tertiary/aromatic N) is 2. The van der Waals surface area contributed by atoms with Crippen LogP contribution in [0.15, 0.2) is 146 Å². The average molecular weight is 541 g/mol. The van der Waals surface area contributed by atoms with Crippen molar-refractivity contribution in [3.63, 3.8) is 0 Å². The lowest BCUT2D eigenvalue weighted by molar-refractivity contribution is 1.18. The highest BCUT2D eigenvalue weighted by Crippen LogP contribution is 2.47. The zero-order chi connectivity index (χ0) is 26.9. The summed E-state index contributed by atoms with van der Waals surface area (Å²) in [4.78, 5) is 0. The largest absolute Gasteiger partial charge is 0.308 e. The van der Waals surface area contributed by atoms with Crippen molar-refractivity contribution in [3.8, 4) is 22.5 Å². The van der Waals surface area contributed by atoms with Gasteiger partial charge in [0.25, 0.3) is 0 Å². The van der Waals surface area contributed by atoms with E-state index in [-0.39, 0.29) is 0 Å². The van der Waals surface area contributed by atoms with Gasteiger partial charge in [-0.3, -0.25) is 0 Å². The smallest absolute Gasteiger partial charge is 0.0728 e. The minimum atomic E-state index is 1.18. The Hall–Kier alpha value is -5.12. The molecule has 9 rings (SSSR count). The molecule has 0 N–H and O–H groups in total. The summed E-state index contributed by atoms with van der Waals surface area (Å²) in [6.07, 6.45) is 0. The van der Waals surface area contributed by atoms with Gasteiger partial charge in [0.1, 0.15) is 0 Å². The average Bonchev–Trinajstić information content (AvgIpc) is 3.69. The standard InChI is InChI=1S/C38H24N2S/c1-3-12-25(13-4-1)26-14-11-17-28(24-26)40-33-20-9-7-18-29(33)30-22-23-32-36-37(41-38(32)35(30)40)31-19-8-10-21-34(31)39(36)27-15-5-2-6-16-27/h1-24H. The summed E-state index contributed by atoms with van der Waals surface area (Å²) in [6, 6.07) is 52.6. The van der Waals surface area contributed by atoms with Crippen LogP contribution >= 0.6 is 11.3 Å². The van der Waals surface area contributed by atoms with E-state index in [4.69, 9.17) is 0 Å². The SMILES string of the molecule is c1ccc(-c2cccc(-n3c4ccccc4c4ccc5c(sc6c7ccccc7n(-c7ccccc7)c56)c43)c2)cc1. The fraction of sp³-hybridized carbons (Fsp3) is 0. The summed E-state index contributed by atoms with van der Waals surface area (Å²) in [5, 5.41) is 5.16. The molecule has 0 bridgehead atoms. The summed E-state index contributed by atoms with van der Waals surface area (Å²) in [5.41, 5.74) is 9.86. The van der Waals surface area contributed by atoms with E-state index in [9.17, 15) is 0 Å². The molecule has 0 aliphatic rings. The van der Waals surface area contributed by atoms with Crippen molar-refractivity contribution in [2.45, 2.75) is 0 Å². The van der Waals surface area contributed by atoms with E-state index in [0.29, 0.717) is 0 Å². The molecule has 0 unspecified atom stereocenters. The molecule has 3 aromatic heterocycles. The summed E-state index contributed by atoms with van der Waals surface area (Å²) in [6.45, 7) is 0. The number of hydrogen-bond acceptors (Lipinski definition) is 1. The molecule has 192 valence electrons. The molecule has 6 aromatic carbocycles. The van der Waals surface area contributed by atoms with Gasteiger partial charge in [0.2, 0.25) is 0 Å². The van der Waals surface area contributed by atoms with E-state index >= 15 is 0 Å². The second-order valence-corrected chi connectivity index (χ2v) is 11.6. The maximum atomic E-state index is 2.48. The third-order valence-corrected chi connectivity index (χ3v) is 9.54. The molecule has 0 fully saturated rings. The van der Waals surface area contributed by atoms with Crippen LogP contribution in [0, 0.1) is 0 Å². The Morgan fingerprint density at radius 3 is 1.71 bits per heavy atom. The topological polar surface area (TPSA) is 9.86 Å². The van der Waals surface area contributed by atoms with E-state index in [1.807, 2.05) is 11.3 Å². The van der Waals surface area contributed by atoms with Gasteiger partial charge < -0.3 is 9.13 Å². The van der Waals surface area contributed by atoms with Crippen LogP contribution < -0.4 is 0 Å². The van der Waals surface area contributed by atoms with Gasteiger partial charge in [0.05, 0.1) is 31.5 Å². The van der Waals surface area contributed by atoms with Gasteiger partial charge in [-0.1, -0.05) is 109 Å². The molecule has 0 saturated carbocycles. The van der Waals surface area contributed by atoms with Crippen molar-refractivity contribution in [2.75, 3.05) is 0 Å². The van der Waals surface area contributed by atoms with Crippen molar-refractivity contribution in [1.29, 1.82) is 0 Å². The minimum absolute atomic E-state index is 1.18. The highest BCUT2D eigenvalue weighted by molar-refractivity contribution is 7.27. The van der Waals surface area contributed by atoms with Crippen LogP contribution in [0.2, 0.25) is 0 Å². The number of thiophene rings is 1. The zero-order valence-electron chi connectivity index (χ0n) is 22.2. The summed E-state index contributed by atoms with van der Waals surface area (Å²) >= 11 is 1.92. The molecule has 0 radical (unpaired) electrons. The van der Waals surface area contributed by atoms with Crippen LogP contribution in [-0.2, 0) is 0 Å². The van der Waals surface area contributed by atoms with Crippen molar-refractivity contribution < 1.29 is 0 Å². The van der Waals surface area contributed by atoms with Gasteiger partial charge in [-0.15, -0.1) is 11.3 Å². The normalized spacial score (nSPS) is 11.9. The minimum Gasteiger partial charge on any atom is -0.308 e. The molecule has 9 aromatic rings. The first-order valence-electron chi connectivity index (χ1n) is 14.0.